The van der Waals surface area contributed by atoms with E-state index in [1.165, 1.54) is 6.07 Å². The molecular formula is C9H10FN3. The molecule has 0 amide bonds. The summed E-state index contributed by atoms with van der Waals surface area (Å²) in [5, 5.41) is 6.82. The molecule has 0 unspecified atom stereocenters. The van der Waals surface area contributed by atoms with Crippen molar-refractivity contribution in [1.82, 2.24) is 10.2 Å². The summed E-state index contributed by atoms with van der Waals surface area (Å²) < 4.78 is 13.4. The van der Waals surface area contributed by atoms with Gasteiger partial charge in [-0.3, -0.25) is 5.10 Å². The van der Waals surface area contributed by atoms with Crippen molar-refractivity contribution >= 4 is 16.7 Å². The van der Waals surface area contributed by atoms with Crippen LogP contribution in [0.3, 0.4) is 0 Å². The van der Waals surface area contributed by atoms with Gasteiger partial charge in [0.2, 0.25) is 0 Å². The van der Waals surface area contributed by atoms with Crippen LogP contribution in [0.1, 0.15) is 12.5 Å². The largest absolute Gasteiger partial charge is 0.382 e. The van der Waals surface area contributed by atoms with Gasteiger partial charge in [-0.15, -0.1) is 0 Å². The van der Waals surface area contributed by atoms with Gasteiger partial charge in [-0.25, -0.2) is 4.39 Å². The zero-order chi connectivity index (χ0) is 9.42. The van der Waals surface area contributed by atoms with Gasteiger partial charge in [-0.05, 0) is 24.1 Å². The molecule has 1 aromatic carbocycles. The third-order valence-corrected chi connectivity index (χ3v) is 2.11. The molecular weight excluding hydrogens is 169 g/mol. The highest BCUT2D eigenvalue weighted by molar-refractivity contribution is 5.89. The minimum absolute atomic E-state index is 0.218. The summed E-state index contributed by atoms with van der Waals surface area (Å²) in [7, 11) is 0. The lowest BCUT2D eigenvalue weighted by Crippen LogP contribution is -1.88. The van der Waals surface area contributed by atoms with Crippen LogP contribution < -0.4 is 5.73 Å². The van der Waals surface area contributed by atoms with Crippen LogP contribution in [0.25, 0.3) is 10.9 Å². The maximum Gasteiger partial charge on any atom is 0.156 e. The Balaban J connectivity index is 2.79. The predicted octanol–water partition coefficient (Wildman–Crippen LogP) is 1.85. The van der Waals surface area contributed by atoms with Crippen LogP contribution in [0.15, 0.2) is 12.1 Å². The Hall–Kier alpha value is -1.58. The van der Waals surface area contributed by atoms with Crippen LogP contribution in [0.5, 0.6) is 0 Å². The molecule has 0 saturated carbocycles. The number of H-pyrrole nitrogens is 1. The summed E-state index contributed by atoms with van der Waals surface area (Å²) in [6.07, 6.45) is 0.797. The van der Waals surface area contributed by atoms with E-state index in [1.54, 1.807) is 0 Å². The summed E-state index contributed by atoms with van der Waals surface area (Å²) in [4.78, 5) is 0. The molecule has 2 aromatic rings. The Morgan fingerprint density at radius 1 is 1.54 bits per heavy atom. The number of rotatable bonds is 1. The SMILES string of the molecule is CCc1cc(F)c2c(N)n[nH]c2c1. The number of nitrogens with zero attached hydrogens (tertiary/aromatic N) is 1. The van der Waals surface area contributed by atoms with Crippen molar-refractivity contribution < 1.29 is 4.39 Å². The second kappa shape index (κ2) is 2.73. The lowest BCUT2D eigenvalue weighted by molar-refractivity contribution is 0.638. The molecule has 0 fully saturated rings. The molecule has 0 aliphatic carbocycles. The van der Waals surface area contributed by atoms with E-state index in [-0.39, 0.29) is 11.6 Å². The Morgan fingerprint density at radius 2 is 2.31 bits per heavy atom. The van der Waals surface area contributed by atoms with E-state index in [0.717, 1.165) is 12.0 Å². The van der Waals surface area contributed by atoms with Crippen molar-refractivity contribution in [3.05, 3.63) is 23.5 Å². The molecule has 0 atom stereocenters. The predicted molar refractivity (Wildman–Crippen MR) is 49.8 cm³/mol. The van der Waals surface area contributed by atoms with E-state index >= 15 is 0 Å². The van der Waals surface area contributed by atoms with Crippen LogP contribution in [0.4, 0.5) is 10.2 Å². The van der Waals surface area contributed by atoms with Gasteiger partial charge in [0.15, 0.2) is 5.82 Å². The molecule has 1 aromatic heterocycles. The van der Waals surface area contributed by atoms with Crippen LogP contribution in [-0.4, -0.2) is 10.2 Å². The third kappa shape index (κ3) is 1.14. The van der Waals surface area contributed by atoms with Crippen molar-refractivity contribution in [3.63, 3.8) is 0 Å². The van der Waals surface area contributed by atoms with Crippen molar-refractivity contribution in [3.8, 4) is 0 Å². The summed E-state index contributed by atoms with van der Waals surface area (Å²) in [6, 6.07) is 3.36. The smallest absolute Gasteiger partial charge is 0.156 e. The van der Waals surface area contributed by atoms with Gasteiger partial charge in [0, 0.05) is 0 Å². The minimum atomic E-state index is -0.305. The molecule has 3 N–H and O–H groups in total. The van der Waals surface area contributed by atoms with E-state index in [4.69, 9.17) is 5.73 Å². The quantitative estimate of drug-likeness (QED) is 0.701. The zero-order valence-electron chi connectivity index (χ0n) is 7.26. The number of fused-ring (bicyclic) bond motifs is 1. The van der Waals surface area contributed by atoms with E-state index in [9.17, 15) is 4.39 Å². The Labute approximate surface area is 74.7 Å². The van der Waals surface area contributed by atoms with Crippen LogP contribution in [0, 0.1) is 5.82 Å². The topological polar surface area (TPSA) is 54.7 Å². The number of anilines is 1. The summed E-state index contributed by atoms with van der Waals surface area (Å²) in [5.41, 5.74) is 7.09. The summed E-state index contributed by atoms with van der Waals surface area (Å²) >= 11 is 0. The third-order valence-electron chi connectivity index (χ3n) is 2.11. The van der Waals surface area contributed by atoms with Gasteiger partial charge < -0.3 is 5.73 Å². The van der Waals surface area contributed by atoms with E-state index in [0.29, 0.717) is 10.9 Å². The highest BCUT2D eigenvalue weighted by atomic mass is 19.1. The monoisotopic (exact) mass is 179 g/mol. The highest BCUT2D eigenvalue weighted by Gasteiger charge is 2.08. The average molecular weight is 179 g/mol. The molecule has 4 heteroatoms. The number of nitrogen functional groups attached to an aromatic ring is 1. The number of nitrogens with one attached hydrogen (secondary N) is 1. The molecule has 1 heterocycles. The van der Waals surface area contributed by atoms with Gasteiger partial charge in [0.05, 0.1) is 10.9 Å². The van der Waals surface area contributed by atoms with Gasteiger partial charge >= 0.3 is 0 Å². The number of benzene rings is 1. The molecule has 3 nitrogen and oxygen atoms in total. The lowest BCUT2D eigenvalue weighted by atomic mass is 10.1. The first-order valence-corrected chi connectivity index (χ1v) is 4.14. The fourth-order valence-corrected chi connectivity index (χ4v) is 1.39. The molecule has 13 heavy (non-hydrogen) atoms. The summed E-state index contributed by atoms with van der Waals surface area (Å²) in [6.45, 7) is 1.97. The standard InChI is InChI=1S/C9H10FN3/c1-2-5-3-6(10)8-7(4-5)12-13-9(8)11/h3-4H,2H2,1H3,(H3,11,12,13). The van der Waals surface area contributed by atoms with Gasteiger partial charge in [0.25, 0.3) is 0 Å². The molecule has 0 bridgehead atoms. The van der Waals surface area contributed by atoms with Crippen LogP contribution in [0.2, 0.25) is 0 Å². The fourth-order valence-electron chi connectivity index (χ4n) is 1.39. The molecule has 0 radical (unpaired) electrons. The van der Waals surface area contributed by atoms with Crippen molar-refractivity contribution in [2.24, 2.45) is 0 Å². The maximum atomic E-state index is 13.4. The van der Waals surface area contributed by atoms with Gasteiger partial charge in [0.1, 0.15) is 5.82 Å². The second-order valence-electron chi connectivity index (χ2n) is 2.96. The van der Waals surface area contributed by atoms with Crippen molar-refractivity contribution in [2.75, 3.05) is 5.73 Å². The van der Waals surface area contributed by atoms with Crippen LogP contribution >= 0.6 is 0 Å². The lowest BCUT2D eigenvalue weighted by Gasteiger charge is -1.98. The number of aryl methyl sites for hydroxylation is 1. The fraction of sp³-hybridized carbons (Fsp3) is 0.222. The first-order valence-electron chi connectivity index (χ1n) is 4.14. The van der Waals surface area contributed by atoms with Crippen molar-refractivity contribution in [1.29, 1.82) is 0 Å². The number of aromatic nitrogens is 2. The van der Waals surface area contributed by atoms with Crippen molar-refractivity contribution in [2.45, 2.75) is 13.3 Å². The number of hydrogen-bond acceptors (Lipinski definition) is 2. The zero-order valence-corrected chi connectivity index (χ0v) is 7.26. The van der Waals surface area contributed by atoms with Crippen LogP contribution in [-0.2, 0) is 6.42 Å². The Kier molecular flexibility index (Phi) is 1.69. The molecule has 0 aliphatic rings. The average Bonchev–Trinajstić information content (AvgIpc) is 2.48. The molecule has 0 aliphatic heterocycles. The van der Waals surface area contributed by atoms with E-state index in [2.05, 4.69) is 10.2 Å². The second-order valence-corrected chi connectivity index (χ2v) is 2.96. The number of nitrogens with two attached hydrogens (primary N) is 1. The summed E-state index contributed by atoms with van der Waals surface area (Å²) in [5.74, 6) is -0.0873. The van der Waals surface area contributed by atoms with Gasteiger partial charge in [-0.2, -0.15) is 5.10 Å². The van der Waals surface area contributed by atoms with Gasteiger partial charge in [-0.1, -0.05) is 6.92 Å². The van der Waals surface area contributed by atoms with E-state index < -0.39 is 0 Å². The normalized spacial score (nSPS) is 10.9. The first kappa shape index (κ1) is 8.04. The molecule has 0 saturated heterocycles. The van der Waals surface area contributed by atoms with E-state index in [1.807, 2.05) is 13.0 Å². The molecule has 68 valence electrons. The first-order chi connectivity index (χ1) is 6.22. The minimum Gasteiger partial charge on any atom is -0.382 e. The highest BCUT2D eigenvalue weighted by Crippen LogP contribution is 2.22. The number of aromatic amines is 1. The maximum absolute atomic E-state index is 13.4. The molecule has 2 rings (SSSR count). The number of hydrogen-bond donors (Lipinski definition) is 2. The number of halogens is 1. The molecule has 0 spiro atoms. The Bertz CT molecular complexity index is 447. The Morgan fingerprint density at radius 3 is 3.00 bits per heavy atom.